The number of nitrogens with one attached hydrogen (secondary N) is 1. The second-order valence-electron chi connectivity index (χ2n) is 8.38. The van der Waals surface area contributed by atoms with E-state index in [1.807, 2.05) is 0 Å². The Labute approximate surface area is 158 Å². The van der Waals surface area contributed by atoms with Crippen LogP contribution in [0.1, 0.15) is 62.5 Å². The molecule has 0 unspecified atom stereocenters. The third kappa shape index (κ3) is 3.86. The van der Waals surface area contributed by atoms with E-state index in [0.29, 0.717) is 18.4 Å². The minimum atomic E-state index is -4.39. The Bertz CT molecular complexity index is 685. The molecule has 27 heavy (non-hydrogen) atoms. The Morgan fingerprint density at radius 2 is 1.74 bits per heavy atom. The standard InChI is InChI=1S/C21H27F3N2O/c22-21(23,24)16-5-3-4-15(14-16)20(10-1-2-11-20)19(27)25-17-8-12-26(13-9-17)18-6-7-18/h3-5,14,17-18H,1-2,6-13H2,(H,25,27). The molecule has 1 heterocycles. The van der Waals surface area contributed by atoms with Crippen LogP contribution in [0.4, 0.5) is 13.2 Å². The average Bonchev–Trinajstić information content (AvgIpc) is 3.38. The molecule has 1 aliphatic heterocycles. The summed E-state index contributed by atoms with van der Waals surface area (Å²) in [7, 11) is 0. The highest BCUT2D eigenvalue weighted by Crippen LogP contribution is 2.43. The normalized spacial score (nSPS) is 24.1. The highest BCUT2D eigenvalue weighted by molar-refractivity contribution is 5.89. The molecule has 1 N–H and O–H groups in total. The van der Waals surface area contributed by atoms with E-state index in [1.54, 1.807) is 6.07 Å². The van der Waals surface area contributed by atoms with E-state index >= 15 is 0 Å². The molecular weight excluding hydrogens is 353 g/mol. The summed E-state index contributed by atoms with van der Waals surface area (Å²) >= 11 is 0. The van der Waals surface area contributed by atoms with Crippen molar-refractivity contribution in [3.05, 3.63) is 35.4 Å². The zero-order chi connectivity index (χ0) is 19.1. The van der Waals surface area contributed by atoms with Gasteiger partial charge in [-0.2, -0.15) is 13.2 Å². The number of likely N-dealkylation sites (tertiary alicyclic amines) is 1. The first-order chi connectivity index (χ1) is 12.9. The van der Waals surface area contributed by atoms with Gasteiger partial charge >= 0.3 is 6.18 Å². The predicted molar refractivity (Wildman–Crippen MR) is 97.3 cm³/mol. The maximum atomic E-state index is 13.2. The molecule has 0 bridgehead atoms. The zero-order valence-corrected chi connectivity index (χ0v) is 15.5. The quantitative estimate of drug-likeness (QED) is 0.847. The molecule has 0 spiro atoms. The summed E-state index contributed by atoms with van der Waals surface area (Å²) in [6, 6.07) is 6.26. The number of halogens is 3. The number of alkyl halides is 3. The molecule has 1 saturated heterocycles. The summed E-state index contributed by atoms with van der Waals surface area (Å²) in [5.41, 5.74) is -0.964. The van der Waals surface area contributed by atoms with Gasteiger partial charge in [0.05, 0.1) is 11.0 Å². The van der Waals surface area contributed by atoms with E-state index in [2.05, 4.69) is 10.2 Å². The van der Waals surface area contributed by atoms with Crippen LogP contribution in [0.15, 0.2) is 24.3 Å². The van der Waals surface area contributed by atoms with Gasteiger partial charge in [0.25, 0.3) is 0 Å². The largest absolute Gasteiger partial charge is 0.416 e. The van der Waals surface area contributed by atoms with E-state index < -0.39 is 17.2 Å². The number of amides is 1. The molecule has 0 radical (unpaired) electrons. The third-order valence-electron chi connectivity index (χ3n) is 6.56. The second kappa shape index (κ2) is 7.12. The summed E-state index contributed by atoms with van der Waals surface area (Å²) in [5.74, 6) is -0.0794. The number of carbonyl (C=O) groups excluding carboxylic acids is 1. The van der Waals surface area contributed by atoms with Gasteiger partial charge in [-0.1, -0.05) is 31.0 Å². The van der Waals surface area contributed by atoms with Crippen LogP contribution in [-0.2, 0) is 16.4 Å². The van der Waals surface area contributed by atoms with Crippen LogP contribution in [0.25, 0.3) is 0 Å². The van der Waals surface area contributed by atoms with Crippen LogP contribution in [0, 0.1) is 0 Å². The number of piperidine rings is 1. The van der Waals surface area contributed by atoms with Crippen LogP contribution in [0.5, 0.6) is 0 Å². The summed E-state index contributed by atoms with van der Waals surface area (Å²) in [6.07, 6.45) is 3.06. The van der Waals surface area contributed by atoms with Gasteiger partial charge in [-0.3, -0.25) is 4.79 Å². The Morgan fingerprint density at radius 3 is 2.33 bits per heavy atom. The lowest BCUT2D eigenvalue weighted by Crippen LogP contribution is -2.51. The number of rotatable bonds is 4. The van der Waals surface area contributed by atoms with Gasteiger partial charge in [0, 0.05) is 25.2 Å². The molecule has 0 atom stereocenters. The predicted octanol–water partition coefficient (Wildman–Crippen LogP) is 4.26. The van der Waals surface area contributed by atoms with Crippen molar-refractivity contribution in [1.82, 2.24) is 10.2 Å². The van der Waals surface area contributed by atoms with Gasteiger partial charge < -0.3 is 10.2 Å². The molecular formula is C21H27F3N2O. The lowest BCUT2D eigenvalue weighted by molar-refractivity contribution is -0.138. The molecule has 2 aliphatic carbocycles. The molecule has 1 aromatic rings. The van der Waals surface area contributed by atoms with Gasteiger partial charge in [-0.15, -0.1) is 0 Å². The van der Waals surface area contributed by atoms with E-state index in [4.69, 9.17) is 0 Å². The summed E-state index contributed by atoms with van der Waals surface area (Å²) < 4.78 is 39.5. The number of hydrogen-bond acceptors (Lipinski definition) is 2. The fourth-order valence-electron chi connectivity index (χ4n) is 4.79. The van der Waals surface area contributed by atoms with E-state index in [0.717, 1.165) is 50.9 Å². The lowest BCUT2D eigenvalue weighted by atomic mass is 9.77. The zero-order valence-electron chi connectivity index (χ0n) is 15.5. The number of carbonyl (C=O) groups is 1. The van der Waals surface area contributed by atoms with Crippen LogP contribution in [-0.4, -0.2) is 36.0 Å². The molecule has 3 fully saturated rings. The van der Waals surface area contributed by atoms with Crippen molar-refractivity contribution < 1.29 is 18.0 Å². The minimum absolute atomic E-state index is 0.0794. The summed E-state index contributed by atoms with van der Waals surface area (Å²) in [6.45, 7) is 2.01. The van der Waals surface area contributed by atoms with E-state index in [1.165, 1.54) is 25.0 Å². The molecule has 1 aromatic carbocycles. The van der Waals surface area contributed by atoms with E-state index in [-0.39, 0.29) is 11.9 Å². The lowest BCUT2D eigenvalue weighted by Gasteiger charge is -2.35. The van der Waals surface area contributed by atoms with Crippen molar-refractivity contribution in [2.24, 2.45) is 0 Å². The van der Waals surface area contributed by atoms with Crippen molar-refractivity contribution in [1.29, 1.82) is 0 Å². The van der Waals surface area contributed by atoms with Crippen molar-refractivity contribution in [3.63, 3.8) is 0 Å². The Hall–Kier alpha value is -1.56. The van der Waals surface area contributed by atoms with Crippen molar-refractivity contribution in [2.75, 3.05) is 13.1 Å². The average molecular weight is 380 g/mol. The maximum Gasteiger partial charge on any atom is 0.416 e. The van der Waals surface area contributed by atoms with E-state index in [9.17, 15) is 18.0 Å². The van der Waals surface area contributed by atoms with Gasteiger partial charge in [-0.05, 0) is 50.2 Å². The number of nitrogens with zero attached hydrogens (tertiary/aromatic N) is 1. The monoisotopic (exact) mass is 380 g/mol. The third-order valence-corrected chi connectivity index (χ3v) is 6.56. The topological polar surface area (TPSA) is 32.3 Å². The van der Waals surface area contributed by atoms with Gasteiger partial charge in [0.1, 0.15) is 0 Å². The van der Waals surface area contributed by atoms with Crippen LogP contribution >= 0.6 is 0 Å². The first-order valence-electron chi connectivity index (χ1n) is 10.1. The number of benzene rings is 1. The van der Waals surface area contributed by atoms with Crippen molar-refractivity contribution >= 4 is 5.91 Å². The SMILES string of the molecule is O=C(NC1CCN(C2CC2)CC1)C1(c2cccc(C(F)(F)F)c2)CCCC1. The first-order valence-corrected chi connectivity index (χ1v) is 10.1. The van der Waals surface area contributed by atoms with Gasteiger partial charge in [0.2, 0.25) is 5.91 Å². The molecule has 4 rings (SSSR count). The smallest absolute Gasteiger partial charge is 0.353 e. The fraction of sp³-hybridized carbons (Fsp3) is 0.667. The van der Waals surface area contributed by atoms with Gasteiger partial charge in [0.15, 0.2) is 0 Å². The second-order valence-corrected chi connectivity index (χ2v) is 8.38. The summed E-state index contributed by atoms with van der Waals surface area (Å²) in [5, 5.41) is 3.19. The van der Waals surface area contributed by atoms with Crippen LogP contribution in [0.3, 0.4) is 0 Å². The van der Waals surface area contributed by atoms with Crippen LogP contribution in [0.2, 0.25) is 0 Å². The molecule has 1 amide bonds. The fourth-order valence-corrected chi connectivity index (χ4v) is 4.79. The van der Waals surface area contributed by atoms with Crippen LogP contribution < -0.4 is 5.32 Å². The Balaban J connectivity index is 1.49. The van der Waals surface area contributed by atoms with Crippen molar-refractivity contribution in [2.45, 2.75) is 75.0 Å². The molecule has 148 valence electrons. The maximum absolute atomic E-state index is 13.2. The number of hydrogen-bond donors (Lipinski definition) is 1. The highest BCUT2D eigenvalue weighted by Gasteiger charge is 2.44. The summed E-state index contributed by atoms with van der Waals surface area (Å²) in [4.78, 5) is 15.7. The first kappa shape index (κ1) is 18.8. The molecule has 6 heteroatoms. The van der Waals surface area contributed by atoms with Gasteiger partial charge in [-0.25, -0.2) is 0 Å². The Morgan fingerprint density at radius 1 is 1.07 bits per heavy atom. The highest BCUT2D eigenvalue weighted by atomic mass is 19.4. The Kier molecular flexibility index (Phi) is 4.95. The molecule has 2 saturated carbocycles. The van der Waals surface area contributed by atoms with Crippen molar-refractivity contribution in [3.8, 4) is 0 Å². The molecule has 0 aromatic heterocycles. The molecule has 3 nitrogen and oxygen atoms in total. The minimum Gasteiger partial charge on any atom is -0.353 e. The molecule has 3 aliphatic rings.